The summed E-state index contributed by atoms with van der Waals surface area (Å²) in [5.41, 5.74) is 8.21. The van der Waals surface area contributed by atoms with E-state index in [0.29, 0.717) is 5.92 Å². The number of nitrogens with two attached hydrogens (primary N) is 1. The van der Waals surface area contributed by atoms with Crippen LogP contribution in [0.5, 0.6) is 0 Å². The normalized spacial score (nSPS) is 13.7. The molecule has 80 valence electrons. The van der Waals surface area contributed by atoms with Gasteiger partial charge in [0.25, 0.3) is 0 Å². The SMILES string of the molecule is Cc1c(C(N)C(C)C)oc2ccccc12. The molecule has 0 amide bonds. The first kappa shape index (κ1) is 10.2. The van der Waals surface area contributed by atoms with Crippen molar-refractivity contribution in [1.29, 1.82) is 0 Å². The van der Waals surface area contributed by atoms with Crippen LogP contribution in [-0.4, -0.2) is 0 Å². The van der Waals surface area contributed by atoms with E-state index < -0.39 is 0 Å². The summed E-state index contributed by atoms with van der Waals surface area (Å²) in [6.45, 7) is 6.29. The Labute approximate surface area is 90.1 Å². The van der Waals surface area contributed by atoms with Crippen LogP contribution in [0.25, 0.3) is 11.0 Å². The van der Waals surface area contributed by atoms with E-state index in [1.54, 1.807) is 0 Å². The zero-order valence-corrected chi connectivity index (χ0v) is 9.45. The van der Waals surface area contributed by atoms with Crippen LogP contribution in [0.1, 0.15) is 31.2 Å². The first-order valence-electron chi connectivity index (χ1n) is 5.35. The van der Waals surface area contributed by atoms with Crippen molar-refractivity contribution in [3.8, 4) is 0 Å². The van der Waals surface area contributed by atoms with Crippen molar-refractivity contribution in [2.75, 3.05) is 0 Å². The molecule has 1 aromatic carbocycles. The van der Waals surface area contributed by atoms with E-state index in [-0.39, 0.29) is 6.04 Å². The predicted octanol–water partition coefficient (Wildman–Crippen LogP) is 3.40. The topological polar surface area (TPSA) is 39.2 Å². The number of fused-ring (bicyclic) bond motifs is 1. The molecule has 0 aliphatic rings. The quantitative estimate of drug-likeness (QED) is 0.812. The van der Waals surface area contributed by atoms with Gasteiger partial charge in [0.05, 0.1) is 6.04 Å². The molecule has 0 aliphatic heterocycles. The lowest BCUT2D eigenvalue weighted by Gasteiger charge is -2.13. The smallest absolute Gasteiger partial charge is 0.134 e. The van der Waals surface area contributed by atoms with Gasteiger partial charge in [0.2, 0.25) is 0 Å². The minimum atomic E-state index is -0.0163. The monoisotopic (exact) mass is 203 g/mol. The van der Waals surface area contributed by atoms with Gasteiger partial charge in [-0.15, -0.1) is 0 Å². The summed E-state index contributed by atoms with van der Waals surface area (Å²) >= 11 is 0. The highest BCUT2D eigenvalue weighted by atomic mass is 16.3. The van der Waals surface area contributed by atoms with Crippen LogP contribution in [0.3, 0.4) is 0 Å². The zero-order valence-electron chi connectivity index (χ0n) is 9.45. The fourth-order valence-electron chi connectivity index (χ4n) is 1.81. The van der Waals surface area contributed by atoms with Gasteiger partial charge in [-0.3, -0.25) is 0 Å². The fourth-order valence-corrected chi connectivity index (χ4v) is 1.81. The van der Waals surface area contributed by atoms with Crippen molar-refractivity contribution in [2.45, 2.75) is 26.8 Å². The average Bonchev–Trinajstić information content (AvgIpc) is 2.56. The molecule has 0 saturated heterocycles. The fraction of sp³-hybridized carbons (Fsp3) is 0.385. The molecule has 2 heteroatoms. The maximum Gasteiger partial charge on any atom is 0.134 e. The lowest BCUT2D eigenvalue weighted by Crippen LogP contribution is -2.16. The largest absolute Gasteiger partial charge is 0.459 e. The lowest BCUT2D eigenvalue weighted by molar-refractivity contribution is 0.415. The van der Waals surface area contributed by atoms with Gasteiger partial charge in [-0.05, 0) is 24.5 Å². The summed E-state index contributed by atoms with van der Waals surface area (Å²) in [6.07, 6.45) is 0. The second-order valence-electron chi connectivity index (χ2n) is 4.36. The molecular weight excluding hydrogens is 186 g/mol. The highest BCUT2D eigenvalue weighted by molar-refractivity contribution is 5.82. The maximum absolute atomic E-state index is 6.11. The first-order chi connectivity index (χ1) is 7.11. The molecule has 0 aliphatic carbocycles. The Morgan fingerprint density at radius 2 is 1.87 bits per heavy atom. The molecule has 2 aromatic rings. The molecule has 1 aromatic heterocycles. The van der Waals surface area contributed by atoms with E-state index in [4.69, 9.17) is 10.2 Å². The van der Waals surface area contributed by atoms with E-state index >= 15 is 0 Å². The molecular formula is C13H17NO. The van der Waals surface area contributed by atoms with Gasteiger partial charge in [0.15, 0.2) is 0 Å². The molecule has 2 rings (SSSR count). The van der Waals surface area contributed by atoms with E-state index in [2.05, 4.69) is 26.8 Å². The van der Waals surface area contributed by atoms with Crippen molar-refractivity contribution < 1.29 is 4.42 Å². The minimum Gasteiger partial charge on any atom is -0.459 e. The lowest BCUT2D eigenvalue weighted by atomic mass is 9.99. The summed E-state index contributed by atoms with van der Waals surface area (Å²) in [4.78, 5) is 0. The van der Waals surface area contributed by atoms with Crippen LogP contribution < -0.4 is 5.73 Å². The number of aryl methyl sites for hydroxylation is 1. The minimum absolute atomic E-state index is 0.0163. The molecule has 15 heavy (non-hydrogen) atoms. The van der Waals surface area contributed by atoms with Gasteiger partial charge in [-0.25, -0.2) is 0 Å². The van der Waals surface area contributed by atoms with Crippen molar-refractivity contribution in [3.05, 3.63) is 35.6 Å². The number of para-hydroxylation sites is 1. The third-order valence-electron chi connectivity index (χ3n) is 2.90. The molecule has 0 spiro atoms. The Bertz CT molecular complexity index is 470. The Morgan fingerprint density at radius 1 is 1.20 bits per heavy atom. The number of hydrogen-bond donors (Lipinski definition) is 1. The third-order valence-corrected chi connectivity index (χ3v) is 2.90. The summed E-state index contributed by atoms with van der Waals surface area (Å²) in [7, 11) is 0. The second-order valence-corrected chi connectivity index (χ2v) is 4.36. The van der Waals surface area contributed by atoms with E-state index in [1.165, 1.54) is 10.9 Å². The van der Waals surface area contributed by atoms with Crippen molar-refractivity contribution in [3.63, 3.8) is 0 Å². The number of hydrogen-bond acceptors (Lipinski definition) is 2. The zero-order chi connectivity index (χ0) is 11.0. The summed E-state index contributed by atoms with van der Waals surface area (Å²) in [6, 6.07) is 8.05. The molecule has 0 saturated carbocycles. The Hall–Kier alpha value is -1.28. The third kappa shape index (κ3) is 1.65. The van der Waals surface area contributed by atoms with Crippen LogP contribution in [-0.2, 0) is 0 Å². The Morgan fingerprint density at radius 3 is 2.47 bits per heavy atom. The van der Waals surface area contributed by atoms with E-state index in [0.717, 1.165) is 11.3 Å². The van der Waals surface area contributed by atoms with Gasteiger partial charge in [0.1, 0.15) is 11.3 Å². The molecule has 1 atom stereocenters. The molecule has 0 radical (unpaired) electrons. The number of benzene rings is 1. The standard InChI is InChI=1S/C13H17NO/c1-8(2)12(14)13-9(3)10-6-4-5-7-11(10)15-13/h4-8,12H,14H2,1-3H3. The highest BCUT2D eigenvalue weighted by Crippen LogP contribution is 2.30. The summed E-state index contributed by atoms with van der Waals surface area (Å²) < 4.78 is 5.80. The Balaban J connectivity index is 2.58. The average molecular weight is 203 g/mol. The van der Waals surface area contributed by atoms with Crippen molar-refractivity contribution >= 4 is 11.0 Å². The maximum atomic E-state index is 6.11. The van der Waals surface area contributed by atoms with Crippen molar-refractivity contribution in [1.82, 2.24) is 0 Å². The predicted molar refractivity (Wildman–Crippen MR) is 62.7 cm³/mol. The number of rotatable bonds is 2. The molecule has 0 bridgehead atoms. The molecule has 1 unspecified atom stereocenters. The van der Waals surface area contributed by atoms with Crippen LogP contribution in [0.15, 0.2) is 28.7 Å². The summed E-state index contributed by atoms with van der Waals surface area (Å²) in [5, 5.41) is 1.17. The van der Waals surface area contributed by atoms with Gasteiger partial charge in [-0.1, -0.05) is 32.0 Å². The van der Waals surface area contributed by atoms with Gasteiger partial charge in [-0.2, -0.15) is 0 Å². The number of furan rings is 1. The van der Waals surface area contributed by atoms with Crippen molar-refractivity contribution in [2.24, 2.45) is 11.7 Å². The Kier molecular flexibility index (Phi) is 2.53. The van der Waals surface area contributed by atoms with Gasteiger partial charge in [0, 0.05) is 5.39 Å². The highest BCUT2D eigenvalue weighted by Gasteiger charge is 2.19. The summed E-state index contributed by atoms with van der Waals surface area (Å²) in [5.74, 6) is 1.32. The van der Waals surface area contributed by atoms with Crippen LogP contribution in [0.2, 0.25) is 0 Å². The van der Waals surface area contributed by atoms with Gasteiger partial charge >= 0.3 is 0 Å². The van der Waals surface area contributed by atoms with Crippen LogP contribution >= 0.6 is 0 Å². The van der Waals surface area contributed by atoms with Crippen LogP contribution in [0.4, 0.5) is 0 Å². The second kappa shape index (κ2) is 3.70. The van der Waals surface area contributed by atoms with Crippen LogP contribution in [0, 0.1) is 12.8 Å². The molecule has 0 fully saturated rings. The van der Waals surface area contributed by atoms with Gasteiger partial charge < -0.3 is 10.2 Å². The van der Waals surface area contributed by atoms with E-state index in [1.807, 2.05) is 18.2 Å². The first-order valence-corrected chi connectivity index (χ1v) is 5.35. The molecule has 1 heterocycles. The molecule has 2 nitrogen and oxygen atoms in total. The molecule has 2 N–H and O–H groups in total. The van der Waals surface area contributed by atoms with E-state index in [9.17, 15) is 0 Å².